The fourth-order valence-electron chi connectivity index (χ4n) is 26.9. The highest BCUT2D eigenvalue weighted by Gasteiger charge is 2.42. The molecule has 16 aliphatic rings. The highest BCUT2D eigenvalue weighted by Crippen LogP contribution is 2.53. The Morgan fingerprint density at radius 3 is 0.636 bits per heavy atom. The molecule has 18 unspecified atom stereocenters. The second kappa shape index (κ2) is 79.7. The van der Waals surface area contributed by atoms with Crippen molar-refractivity contribution in [3.8, 4) is 0 Å². The van der Waals surface area contributed by atoms with E-state index >= 15 is 0 Å². The van der Waals surface area contributed by atoms with Gasteiger partial charge in [-0.05, 0) is 273 Å². The predicted octanol–water partition coefficient (Wildman–Crippen LogP) is 39.1. The zero-order valence-corrected chi connectivity index (χ0v) is 94.4. The van der Waals surface area contributed by atoms with E-state index in [1.807, 2.05) is 0 Å². The Bertz CT molecular complexity index is 3220. The molecule has 3 saturated heterocycles. The molecule has 0 aromatic rings. The molecule has 18 atom stereocenters. The van der Waals surface area contributed by atoms with Gasteiger partial charge in [0.2, 0.25) is 0 Å². The van der Waals surface area contributed by atoms with Gasteiger partial charge in [-0.15, -0.1) is 0 Å². The van der Waals surface area contributed by atoms with E-state index in [2.05, 4.69) is 13.8 Å². The predicted molar refractivity (Wildman–Crippen MR) is 598 cm³/mol. The van der Waals surface area contributed by atoms with Gasteiger partial charge in [0, 0.05) is 83.5 Å². The Morgan fingerprint density at radius 1 is 0.133 bits per heavy atom. The summed E-state index contributed by atoms with van der Waals surface area (Å²) in [4.78, 5) is 93.0. The van der Waals surface area contributed by atoms with Gasteiger partial charge in [-0.1, -0.05) is 412 Å². The monoisotopic (exact) mass is 1990 g/mol. The summed E-state index contributed by atoms with van der Waals surface area (Å²) in [5.74, 6) is 20.0. The molecule has 0 radical (unpaired) electrons. The van der Waals surface area contributed by atoms with Crippen molar-refractivity contribution in [1.29, 1.82) is 0 Å². The number of Topliss-reactive ketones (excluding diaryl/α,β-unsaturated/α-hetero) is 5. The summed E-state index contributed by atoms with van der Waals surface area (Å²) in [6.07, 6.45) is 128. The van der Waals surface area contributed by atoms with Crippen LogP contribution in [0.2, 0.25) is 0 Å². The first-order valence-electron chi connectivity index (χ1n) is 65.2. The Kier molecular flexibility index (Phi) is 68.7. The van der Waals surface area contributed by atoms with Crippen molar-refractivity contribution in [2.75, 3.05) is 19.8 Å². The van der Waals surface area contributed by atoms with Crippen LogP contribution in [0.1, 0.15) is 662 Å². The number of carbonyl (C=O) groups is 8. The molecule has 3 aliphatic heterocycles. The summed E-state index contributed by atoms with van der Waals surface area (Å²) in [5.41, 5.74) is 0. The lowest BCUT2D eigenvalue weighted by molar-refractivity contribution is -0.145. The number of fused-ring (bicyclic) bond motifs is 8. The third-order valence-electron chi connectivity index (χ3n) is 37.7. The minimum absolute atomic E-state index is 0.0152. The fourth-order valence-corrected chi connectivity index (χ4v) is 26.9. The van der Waals surface area contributed by atoms with E-state index in [0.717, 1.165) is 242 Å². The maximum absolute atomic E-state index is 11.9. The number of rotatable bonds is 0. The summed E-state index contributed by atoms with van der Waals surface area (Å²) in [7, 11) is 0. The van der Waals surface area contributed by atoms with Crippen molar-refractivity contribution in [1.82, 2.24) is 0 Å². The van der Waals surface area contributed by atoms with E-state index in [9.17, 15) is 38.4 Å². The molecule has 826 valence electrons. The normalized spacial score (nSPS) is 33.6. The van der Waals surface area contributed by atoms with Crippen LogP contribution in [-0.4, -0.2) is 66.6 Å². The molecule has 0 bridgehead atoms. The molecule has 0 amide bonds. The lowest BCUT2D eigenvalue weighted by Crippen LogP contribution is -2.09. The van der Waals surface area contributed by atoms with Crippen molar-refractivity contribution in [2.24, 2.45) is 107 Å². The molecule has 143 heavy (non-hydrogen) atoms. The molecule has 11 heteroatoms. The maximum Gasteiger partial charge on any atom is 0.305 e. The first-order valence-corrected chi connectivity index (χ1v) is 65.2. The number of carbonyl (C=O) groups excluding carboxylic acids is 8. The van der Waals surface area contributed by atoms with Crippen LogP contribution in [0.15, 0.2) is 0 Å². The molecule has 16 fully saturated rings. The van der Waals surface area contributed by atoms with Gasteiger partial charge in [-0.25, -0.2) is 0 Å². The maximum atomic E-state index is 11.9. The van der Waals surface area contributed by atoms with Crippen LogP contribution < -0.4 is 0 Å². The zero-order chi connectivity index (χ0) is 101. The summed E-state index contributed by atoms with van der Waals surface area (Å²) in [6, 6.07) is 0. The Morgan fingerprint density at radius 2 is 0.322 bits per heavy atom. The van der Waals surface area contributed by atoms with Crippen LogP contribution in [0.25, 0.3) is 0 Å². The van der Waals surface area contributed by atoms with Gasteiger partial charge in [0.25, 0.3) is 0 Å². The van der Waals surface area contributed by atoms with Crippen LogP contribution in [0.5, 0.6) is 0 Å². The molecule has 0 aromatic heterocycles. The van der Waals surface area contributed by atoms with Gasteiger partial charge < -0.3 is 14.2 Å². The minimum Gasteiger partial charge on any atom is -0.466 e. The van der Waals surface area contributed by atoms with Gasteiger partial charge in [-0.3, -0.25) is 38.4 Å². The number of cyclic esters (lactones) is 3. The van der Waals surface area contributed by atoms with Gasteiger partial charge in [0.05, 0.1) is 19.8 Å². The molecule has 13 aliphatic carbocycles. The summed E-state index contributed by atoms with van der Waals surface area (Å²) in [5, 5.41) is 0. The first-order chi connectivity index (χ1) is 70.2. The number of ketones is 5. The number of ether oxygens (including phenoxy) is 3. The third kappa shape index (κ3) is 66.4. The van der Waals surface area contributed by atoms with Crippen LogP contribution in [0.4, 0.5) is 0 Å². The van der Waals surface area contributed by atoms with Gasteiger partial charge in [0.15, 0.2) is 0 Å². The molecule has 0 spiro atoms. The Labute approximate surface area is 882 Å². The largest absolute Gasteiger partial charge is 0.466 e. The molecule has 11 nitrogen and oxygen atoms in total. The smallest absolute Gasteiger partial charge is 0.305 e. The standard InChI is InChI=1S/C18H32O.C17H30O2.2C17H30O.2C16H28O2.C16H28O.C15H26O/c19-18-13-9-5-1-3-7-11-16-15-17(16)12-8-4-2-6-10-14-18;18-17-12-8-4-3-7-11-16-14-15(16)10-6-2-1-5-9-13-19-17;1-14-11-16-13-15(16)9-7-5-3-2-4-6-8-10-17(18)12-14;18-17-12-8-6-4-2-1-3-5-7-10-15-14-16(15)11-9-13-17;1-13-9-10-18-16(17)8-6-4-2-3-5-7-14-12-15(14)11-13;17-16-11-7-5-3-1-2-4-6-9-14-13-15(14)10-8-12-18-16;17-16-10-8-6-4-2-1-3-5-7-9-14-13-15(14)11-12-16;16-15-10-8-6-4-2-1-3-5-7-9-13-11-14(13)12-15/h16-17H,1-15H2;15-16H,1-14H2;14-16H,2-13H2,1H3;15-16H,1-14H2;13-15H,2-12H2,1H3;14-15H,1-13H2;14-15H,1-13H2;13-14H,1-12H2. The highest BCUT2D eigenvalue weighted by atomic mass is 16.5. The van der Waals surface area contributed by atoms with Crippen molar-refractivity contribution in [3.05, 3.63) is 0 Å². The fraction of sp³-hybridized carbons (Fsp3) is 0.939. The Hall–Kier alpha value is -3.24. The first kappa shape index (κ1) is 123. The summed E-state index contributed by atoms with van der Waals surface area (Å²) in [6.45, 7) is 6.52. The molecule has 0 N–H and O–H groups in total. The van der Waals surface area contributed by atoms with Crippen LogP contribution >= 0.6 is 0 Å². The highest BCUT2D eigenvalue weighted by molar-refractivity contribution is 5.80. The van der Waals surface area contributed by atoms with E-state index in [1.54, 1.807) is 0 Å². The number of hydrogen-bond donors (Lipinski definition) is 0. The van der Waals surface area contributed by atoms with Crippen LogP contribution in [-0.2, 0) is 52.6 Å². The van der Waals surface area contributed by atoms with E-state index in [4.69, 9.17) is 14.2 Å². The molecular formula is C132H232O11. The summed E-state index contributed by atoms with van der Waals surface area (Å²) < 4.78 is 15.8. The average molecular weight is 2000 g/mol. The quantitative estimate of drug-likeness (QED) is 0.167. The molecule has 13 saturated carbocycles. The van der Waals surface area contributed by atoms with Crippen molar-refractivity contribution in [3.63, 3.8) is 0 Å². The van der Waals surface area contributed by atoms with E-state index < -0.39 is 0 Å². The van der Waals surface area contributed by atoms with Crippen LogP contribution in [0.3, 0.4) is 0 Å². The van der Waals surface area contributed by atoms with Gasteiger partial charge in [0.1, 0.15) is 28.9 Å². The second-order valence-electron chi connectivity index (χ2n) is 51.4. The second-order valence-corrected chi connectivity index (χ2v) is 51.4. The molecule has 3 heterocycles. The minimum atomic E-state index is 0.0152. The SMILES string of the molecule is CC1CC(=O)CCCCCCCCCC2CC2C1.CC1CCOC(=O)CCCCCCCC2CC2C1.O=C1CCCCCCC2CC2CCCCCCCO1.O=C1CCCCCCCC2CC2CCCCCCC1.O=C1CCCCCCCCCC2CC2CCCO1.O=C1CCCCCCCCCCC2CC2C1.O=C1CCCCCCCCCCC2CC2CC1.O=C1CCCCCCCCCCC2CC2CCC1. The lowest BCUT2D eigenvalue weighted by atomic mass is 9.95. The molecule has 16 rings (SSSR count). The number of hydrogen-bond acceptors (Lipinski definition) is 11. The van der Waals surface area contributed by atoms with Gasteiger partial charge in [-0.2, -0.15) is 0 Å². The lowest BCUT2D eigenvalue weighted by Gasteiger charge is -2.11. The molecule has 0 aromatic carbocycles. The van der Waals surface area contributed by atoms with E-state index in [-0.39, 0.29) is 17.9 Å². The van der Waals surface area contributed by atoms with Gasteiger partial charge >= 0.3 is 17.9 Å². The average Bonchev–Trinajstić information content (AvgIpc) is 1.58. The third-order valence-corrected chi connectivity index (χ3v) is 37.7. The molecular weight excluding hydrogens is 1760 g/mol. The Balaban J connectivity index is 0.000000182. The number of esters is 3. The van der Waals surface area contributed by atoms with E-state index in [0.29, 0.717) is 73.9 Å². The van der Waals surface area contributed by atoms with Crippen LogP contribution in [0, 0.1) is 107 Å². The summed E-state index contributed by atoms with van der Waals surface area (Å²) >= 11 is 0. The van der Waals surface area contributed by atoms with Crippen molar-refractivity contribution in [2.45, 2.75) is 662 Å². The van der Waals surface area contributed by atoms with Crippen molar-refractivity contribution < 1.29 is 52.6 Å². The topological polar surface area (TPSA) is 164 Å². The van der Waals surface area contributed by atoms with Crippen molar-refractivity contribution >= 4 is 46.8 Å². The zero-order valence-electron chi connectivity index (χ0n) is 94.4. The van der Waals surface area contributed by atoms with E-state index in [1.165, 1.54) is 488 Å².